The molecular weight excluding hydrogens is 148 g/mol. The summed E-state index contributed by atoms with van der Waals surface area (Å²) in [5.74, 6) is 0. The first-order valence-electron chi connectivity index (χ1n) is 5.20. The topological polar surface area (TPSA) is 38.0 Å². The molecule has 1 spiro atoms. The zero-order chi connectivity index (χ0) is 8.86. The first kappa shape index (κ1) is 10.0. The average Bonchev–Trinajstić information content (AvgIpc) is 2.58. The maximum absolute atomic E-state index is 4.50. The molecule has 1 heterocycles. The van der Waals surface area contributed by atoms with Gasteiger partial charge in [-0.05, 0) is 51.2 Å². The van der Waals surface area contributed by atoms with Crippen LogP contribution in [0.4, 0.5) is 0 Å². The Bertz CT molecular complexity index is 109. The summed E-state index contributed by atoms with van der Waals surface area (Å²) in [6, 6.07) is 0. The van der Waals surface area contributed by atoms with E-state index in [1.807, 2.05) is 0 Å². The number of piperidine rings is 1. The van der Waals surface area contributed by atoms with Gasteiger partial charge in [-0.2, -0.15) is 0 Å². The third-order valence-corrected chi connectivity index (χ3v) is 3.33. The summed E-state index contributed by atoms with van der Waals surface area (Å²) in [5.41, 5.74) is 5.31. The molecule has 1 aliphatic heterocycles. The van der Waals surface area contributed by atoms with Gasteiger partial charge < -0.3 is 11.1 Å². The lowest BCUT2D eigenvalue weighted by Gasteiger charge is -2.33. The molecule has 0 amide bonds. The maximum atomic E-state index is 4.50. The molecule has 0 atom stereocenters. The van der Waals surface area contributed by atoms with Crippen LogP contribution in [0.1, 0.15) is 38.5 Å². The Morgan fingerprint density at radius 1 is 0.917 bits per heavy atom. The molecule has 2 heteroatoms. The molecule has 2 aliphatic rings. The Morgan fingerprint density at radius 2 is 1.42 bits per heavy atom. The second-order valence-corrected chi connectivity index (χ2v) is 3.96. The van der Waals surface area contributed by atoms with E-state index >= 15 is 0 Å². The number of rotatable bonds is 0. The minimum absolute atomic E-state index is 0.811. The Balaban J connectivity index is 0.000000336. The van der Waals surface area contributed by atoms with Gasteiger partial charge in [0.15, 0.2) is 0 Å². The van der Waals surface area contributed by atoms with Crippen LogP contribution < -0.4 is 11.1 Å². The van der Waals surface area contributed by atoms with E-state index in [0.29, 0.717) is 0 Å². The van der Waals surface area contributed by atoms with Crippen molar-refractivity contribution in [3.63, 3.8) is 0 Å². The standard InChI is InChI=1S/C9H17N.CH5N/c1-2-4-9(3-1)5-7-10-8-6-9;1-2/h10H,1-8H2;2H2,1H3. The minimum atomic E-state index is 0.811. The zero-order valence-corrected chi connectivity index (χ0v) is 8.23. The van der Waals surface area contributed by atoms with Crippen LogP contribution in [-0.4, -0.2) is 20.1 Å². The molecule has 0 unspecified atom stereocenters. The third kappa shape index (κ3) is 2.20. The fraction of sp³-hybridized carbons (Fsp3) is 1.00. The van der Waals surface area contributed by atoms with E-state index < -0.39 is 0 Å². The van der Waals surface area contributed by atoms with Gasteiger partial charge in [0.1, 0.15) is 0 Å². The van der Waals surface area contributed by atoms with Gasteiger partial charge >= 0.3 is 0 Å². The molecule has 2 fully saturated rings. The lowest BCUT2D eigenvalue weighted by Crippen LogP contribution is -2.34. The first-order chi connectivity index (χ1) is 5.91. The van der Waals surface area contributed by atoms with Gasteiger partial charge in [-0.1, -0.05) is 12.8 Å². The van der Waals surface area contributed by atoms with Crippen LogP contribution in [0.15, 0.2) is 0 Å². The van der Waals surface area contributed by atoms with Gasteiger partial charge in [-0.15, -0.1) is 0 Å². The van der Waals surface area contributed by atoms with Crippen LogP contribution in [-0.2, 0) is 0 Å². The van der Waals surface area contributed by atoms with Crippen LogP contribution in [0.3, 0.4) is 0 Å². The lowest BCUT2D eigenvalue weighted by molar-refractivity contribution is 0.210. The largest absolute Gasteiger partial charge is 0.333 e. The first-order valence-corrected chi connectivity index (χ1v) is 5.20. The molecule has 12 heavy (non-hydrogen) atoms. The predicted octanol–water partition coefficient (Wildman–Crippen LogP) is 1.51. The summed E-state index contributed by atoms with van der Waals surface area (Å²) in [6.07, 6.45) is 8.95. The fourth-order valence-electron chi connectivity index (χ4n) is 2.58. The van der Waals surface area contributed by atoms with Crippen molar-refractivity contribution in [3.8, 4) is 0 Å². The van der Waals surface area contributed by atoms with Crippen LogP contribution >= 0.6 is 0 Å². The van der Waals surface area contributed by atoms with Crippen molar-refractivity contribution in [2.75, 3.05) is 20.1 Å². The molecule has 1 saturated heterocycles. The highest BCUT2D eigenvalue weighted by Crippen LogP contribution is 2.44. The molecular formula is C10H22N2. The fourth-order valence-corrected chi connectivity index (χ4v) is 2.58. The van der Waals surface area contributed by atoms with Crippen molar-refractivity contribution < 1.29 is 0 Å². The van der Waals surface area contributed by atoms with Gasteiger partial charge in [-0.25, -0.2) is 0 Å². The monoisotopic (exact) mass is 170 g/mol. The number of hydrogen-bond acceptors (Lipinski definition) is 2. The number of hydrogen-bond donors (Lipinski definition) is 2. The van der Waals surface area contributed by atoms with Gasteiger partial charge in [0, 0.05) is 0 Å². The van der Waals surface area contributed by atoms with E-state index in [9.17, 15) is 0 Å². The number of nitrogens with two attached hydrogens (primary N) is 1. The van der Waals surface area contributed by atoms with Crippen molar-refractivity contribution in [3.05, 3.63) is 0 Å². The summed E-state index contributed by atoms with van der Waals surface area (Å²) >= 11 is 0. The highest BCUT2D eigenvalue weighted by molar-refractivity contribution is 4.88. The highest BCUT2D eigenvalue weighted by atomic mass is 14.9. The van der Waals surface area contributed by atoms with Gasteiger partial charge in [0.05, 0.1) is 0 Å². The zero-order valence-electron chi connectivity index (χ0n) is 8.23. The van der Waals surface area contributed by atoms with Gasteiger partial charge in [-0.3, -0.25) is 0 Å². The summed E-state index contributed by atoms with van der Waals surface area (Å²) in [4.78, 5) is 0. The summed E-state index contributed by atoms with van der Waals surface area (Å²) in [5, 5.41) is 3.44. The minimum Gasteiger partial charge on any atom is -0.333 e. The second-order valence-electron chi connectivity index (χ2n) is 3.96. The summed E-state index contributed by atoms with van der Waals surface area (Å²) < 4.78 is 0. The Labute approximate surface area is 75.9 Å². The van der Waals surface area contributed by atoms with Crippen molar-refractivity contribution in [2.24, 2.45) is 11.1 Å². The normalized spacial score (nSPS) is 26.5. The van der Waals surface area contributed by atoms with E-state index in [1.54, 1.807) is 0 Å². The lowest BCUT2D eigenvalue weighted by atomic mass is 9.78. The molecule has 3 N–H and O–H groups in total. The van der Waals surface area contributed by atoms with Crippen molar-refractivity contribution >= 4 is 0 Å². The van der Waals surface area contributed by atoms with Crippen LogP contribution in [0, 0.1) is 5.41 Å². The molecule has 1 aliphatic carbocycles. The van der Waals surface area contributed by atoms with Crippen molar-refractivity contribution in [1.29, 1.82) is 0 Å². The Hall–Kier alpha value is -0.0800. The van der Waals surface area contributed by atoms with Gasteiger partial charge in [0.2, 0.25) is 0 Å². The van der Waals surface area contributed by atoms with Gasteiger partial charge in [0.25, 0.3) is 0 Å². The SMILES string of the molecule is C1CCC2(C1)CCNCC2.CN. The number of nitrogens with one attached hydrogen (secondary N) is 1. The molecule has 2 nitrogen and oxygen atoms in total. The summed E-state index contributed by atoms with van der Waals surface area (Å²) in [6.45, 7) is 2.56. The highest BCUT2D eigenvalue weighted by Gasteiger charge is 2.34. The van der Waals surface area contributed by atoms with Crippen molar-refractivity contribution in [2.45, 2.75) is 38.5 Å². The van der Waals surface area contributed by atoms with Crippen LogP contribution in [0.25, 0.3) is 0 Å². The molecule has 2 rings (SSSR count). The smallest absolute Gasteiger partial charge is 0.00436 e. The molecule has 1 saturated carbocycles. The van der Waals surface area contributed by atoms with E-state index in [0.717, 1.165) is 5.41 Å². The molecule has 0 bridgehead atoms. The van der Waals surface area contributed by atoms with Crippen LogP contribution in [0.5, 0.6) is 0 Å². The van der Waals surface area contributed by atoms with Crippen LogP contribution in [0.2, 0.25) is 0 Å². The Morgan fingerprint density at radius 3 is 1.92 bits per heavy atom. The molecule has 0 aromatic carbocycles. The van der Waals surface area contributed by atoms with E-state index in [1.165, 1.54) is 58.7 Å². The van der Waals surface area contributed by atoms with E-state index in [4.69, 9.17) is 0 Å². The quantitative estimate of drug-likeness (QED) is 0.578. The molecule has 0 radical (unpaired) electrons. The molecule has 0 aromatic rings. The Kier molecular flexibility index (Phi) is 4.02. The molecule has 72 valence electrons. The average molecular weight is 170 g/mol. The molecule has 0 aromatic heterocycles. The van der Waals surface area contributed by atoms with E-state index in [2.05, 4.69) is 11.1 Å². The summed E-state index contributed by atoms with van der Waals surface area (Å²) in [7, 11) is 1.50. The second kappa shape index (κ2) is 4.83. The predicted molar refractivity (Wildman–Crippen MR) is 53.1 cm³/mol. The maximum Gasteiger partial charge on any atom is -0.00436 e. The van der Waals surface area contributed by atoms with Crippen molar-refractivity contribution in [1.82, 2.24) is 5.32 Å². The third-order valence-electron chi connectivity index (χ3n) is 3.33. The van der Waals surface area contributed by atoms with E-state index in [-0.39, 0.29) is 0 Å².